The maximum Gasteiger partial charge on any atom is 0.346 e. The summed E-state index contributed by atoms with van der Waals surface area (Å²) in [5, 5.41) is 3.62. The van der Waals surface area contributed by atoms with Gasteiger partial charge in [-0.2, -0.15) is 0 Å². The zero-order valence-corrected chi connectivity index (χ0v) is 14.3. The molecule has 2 fully saturated rings. The van der Waals surface area contributed by atoms with Crippen LogP contribution in [0.4, 0.5) is 5.88 Å². The molecule has 7 nitrogen and oxygen atoms in total. The minimum atomic E-state index is -0.662. The van der Waals surface area contributed by atoms with Crippen molar-refractivity contribution in [3.63, 3.8) is 0 Å². The number of aromatic nitrogens is 1. The molecule has 1 saturated carbocycles. The van der Waals surface area contributed by atoms with Crippen LogP contribution < -0.4 is 5.73 Å². The zero-order chi connectivity index (χ0) is 17.3. The predicted octanol–water partition coefficient (Wildman–Crippen LogP) is 2.15. The van der Waals surface area contributed by atoms with E-state index in [1.807, 2.05) is 4.90 Å². The number of fused-ring (bicyclic) bond motifs is 1. The number of rotatable bonds is 3. The first kappa shape index (κ1) is 16.8. The minimum Gasteiger partial charge on any atom is -0.452 e. The highest BCUT2D eigenvalue weighted by molar-refractivity contribution is 5.96. The highest BCUT2D eigenvalue weighted by Crippen LogP contribution is 2.38. The van der Waals surface area contributed by atoms with Crippen LogP contribution in [0, 0.1) is 18.8 Å². The SMILES string of the molecule is Cc1noc(N)c1C(=O)OCC(=O)N1CCC(C)C2CCCCC21. The molecule has 2 aliphatic rings. The molecule has 0 spiro atoms. The van der Waals surface area contributed by atoms with Crippen LogP contribution in [0.2, 0.25) is 0 Å². The molecule has 1 saturated heterocycles. The summed E-state index contributed by atoms with van der Waals surface area (Å²) < 4.78 is 9.91. The molecule has 2 heterocycles. The number of anilines is 1. The van der Waals surface area contributed by atoms with E-state index in [4.69, 9.17) is 15.0 Å². The number of nitrogens with zero attached hydrogens (tertiary/aromatic N) is 2. The number of hydrogen-bond donors (Lipinski definition) is 1. The second-order valence-electron chi connectivity index (χ2n) is 6.95. The van der Waals surface area contributed by atoms with Gasteiger partial charge in [0.25, 0.3) is 5.91 Å². The first-order chi connectivity index (χ1) is 11.5. The van der Waals surface area contributed by atoms with E-state index in [9.17, 15) is 9.59 Å². The van der Waals surface area contributed by atoms with Gasteiger partial charge in [-0.15, -0.1) is 0 Å². The van der Waals surface area contributed by atoms with Gasteiger partial charge in [-0.05, 0) is 38.0 Å². The molecule has 2 N–H and O–H groups in total. The Morgan fingerprint density at radius 3 is 2.79 bits per heavy atom. The molecule has 1 aromatic heterocycles. The highest BCUT2D eigenvalue weighted by Gasteiger charge is 2.39. The molecule has 1 aromatic rings. The van der Waals surface area contributed by atoms with Crippen molar-refractivity contribution in [3.05, 3.63) is 11.3 Å². The average Bonchev–Trinajstić information content (AvgIpc) is 2.92. The molecular formula is C17H25N3O4. The summed E-state index contributed by atoms with van der Waals surface area (Å²) in [4.78, 5) is 26.6. The van der Waals surface area contributed by atoms with E-state index in [0.29, 0.717) is 17.5 Å². The maximum absolute atomic E-state index is 12.6. The molecule has 1 aliphatic heterocycles. The lowest BCUT2D eigenvalue weighted by molar-refractivity contribution is -0.142. The molecule has 0 aromatic carbocycles. The van der Waals surface area contributed by atoms with Crippen LogP contribution in [0.1, 0.15) is 55.1 Å². The number of ether oxygens (including phenoxy) is 1. The minimum absolute atomic E-state index is 0.0795. The first-order valence-electron chi connectivity index (χ1n) is 8.67. The second kappa shape index (κ2) is 6.83. The van der Waals surface area contributed by atoms with E-state index < -0.39 is 5.97 Å². The van der Waals surface area contributed by atoms with Crippen LogP contribution >= 0.6 is 0 Å². The molecule has 7 heteroatoms. The number of piperidine rings is 1. The van der Waals surface area contributed by atoms with Gasteiger partial charge in [-0.3, -0.25) is 4.79 Å². The standard InChI is InChI=1S/C17H25N3O4/c1-10-7-8-20(13-6-4-3-5-12(10)13)14(21)9-23-17(22)15-11(2)19-24-16(15)18/h10,12-13H,3-9,18H2,1-2H3. The van der Waals surface area contributed by atoms with Gasteiger partial charge in [0, 0.05) is 12.6 Å². The fraction of sp³-hybridized carbons (Fsp3) is 0.706. The molecule has 3 rings (SSSR count). The third-order valence-electron chi connectivity index (χ3n) is 5.48. The van der Waals surface area contributed by atoms with E-state index >= 15 is 0 Å². The lowest BCUT2D eigenvalue weighted by Crippen LogP contribution is -2.53. The van der Waals surface area contributed by atoms with Crippen LogP contribution in [0.5, 0.6) is 0 Å². The Labute approximate surface area is 141 Å². The Kier molecular flexibility index (Phi) is 4.78. The third-order valence-corrected chi connectivity index (χ3v) is 5.48. The molecule has 1 amide bonds. The van der Waals surface area contributed by atoms with Crippen LogP contribution in [0.3, 0.4) is 0 Å². The van der Waals surface area contributed by atoms with Crippen LogP contribution in [0.15, 0.2) is 4.52 Å². The highest BCUT2D eigenvalue weighted by atomic mass is 16.5. The summed E-state index contributed by atoms with van der Waals surface area (Å²) in [5.74, 6) is 0.360. The van der Waals surface area contributed by atoms with Crippen molar-refractivity contribution in [2.24, 2.45) is 11.8 Å². The molecule has 3 unspecified atom stereocenters. The van der Waals surface area contributed by atoms with Gasteiger partial charge < -0.3 is 19.9 Å². The fourth-order valence-electron chi connectivity index (χ4n) is 4.14. The molecule has 132 valence electrons. The zero-order valence-electron chi connectivity index (χ0n) is 14.3. The van der Waals surface area contributed by atoms with E-state index in [1.165, 1.54) is 12.8 Å². The third kappa shape index (κ3) is 3.12. The number of aryl methyl sites for hydroxylation is 1. The van der Waals surface area contributed by atoms with Crippen molar-refractivity contribution in [2.45, 2.75) is 52.0 Å². The van der Waals surface area contributed by atoms with Gasteiger partial charge in [-0.25, -0.2) is 4.79 Å². The molecule has 0 bridgehead atoms. The number of nitrogen functional groups attached to an aromatic ring is 1. The van der Waals surface area contributed by atoms with Crippen molar-refractivity contribution >= 4 is 17.8 Å². The Morgan fingerprint density at radius 1 is 1.33 bits per heavy atom. The number of esters is 1. The second-order valence-corrected chi connectivity index (χ2v) is 6.95. The predicted molar refractivity (Wildman–Crippen MR) is 87.2 cm³/mol. The largest absolute Gasteiger partial charge is 0.452 e. The topological polar surface area (TPSA) is 98.7 Å². The lowest BCUT2D eigenvalue weighted by atomic mass is 9.72. The Morgan fingerprint density at radius 2 is 2.08 bits per heavy atom. The fourth-order valence-corrected chi connectivity index (χ4v) is 4.14. The van der Waals surface area contributed by atoms with Crippen molar-refractivity contribution in [3.8, 4) is 0 Å². The van der Waals surface area contributed by atoms with E-state index in [2.05, 4.69) is 12.1 Å². The number of nitrogens with two attached hydrogens (primary N) is 1. The summed E-state index contributed by atoms with van der Waals surface area (Å²) in [6.07, 6.45) is 5.65. The Balaban J connectivity index is 1.61. The van der Waals surface area contributed by atoms with Crippen molar-refractivity contribution in [2.75, 3.05) is 18.9 Å². The van der Waals surface area contributed by atoms with Gasteiger partial charge in [0.2, 0.25) is 5.88 Å². The average molecular weight is 335 g/mol. The van der Waals surface area contributed by atoms with Gasteiger partial charge in [0.15, 0.2) is 6.61 Å². The summed E-state index contributed by atoms with van der Waals surface area (Å²) >= 11 is 0. The van der Waals surface area contributed by atoms with E-state index in [1.54, 1.807) is 6.92 Å². The quantitative estimate of drug-likeness (QED) is 0.850. The van der Waals surface area contributed by atoms with Gasteiger partial charge in [0.1, 0.15) is 5.56 Å². The molecule has 1 aliphatic carbocycles. The summed E-state index contributed by atoms with van der Waals surface area (Å²) in [6, 6.07) is 0.288. The molecule has 24 heavy (non-hydrogen) atoms. The van der Waals surface area contributed by atoms with E-state index in [-0.39, 0.29) is 30.0 Å². The van der Waals surface area contributed by atoms with Crippen molar-refractivity contribution in [1.82, 2.24) is 10.1 Å². The lowest BCUT2D eigenvalue weighted by Gasteiger charge is -2.47. The summed E-state index contributed by atoms with van der Waals surface area (Å²) in [5.41, 5.74) is 6.04. The molecule has 3 atom stereocenters. The molecule has 0 radical (unpaired) electrons. The van der Waals surface area contributed by atoms with Gasteiger partial charge in [-0.1, -0.05) is 24.9 Å². The summed E-state index contributed by atoms with van der Waals surface area (Å²) in [6.45, 7) is 4.37. The van der Waals surface area contributed by atoms with Crippen LogP contribution in [-0.2, 0) is 9.53 Å². The maximum atomic E-state index is 12.6. The van der Waals surface area contributed by atoms with E-state index in [0.717, 1.165) is 25.8 Å². The monoisotopic (exact) mass is 335 g/mol. The van der Waals surface area contributed by atoms with Crippen molar-refractivity contribution < 1.29 is 18.8 Å². The molecular weight excluding hydrogens is 310 g/mol. The van der Waals surface area contributed by atoms with Crippen LogP contribution in [0.25, 0.3) is 0 Å². The van der Waals surface area contributed by atoms with Crippen LogP contribution in [-0.4, -0.2) is 41.1 Å². The number of carbonyl (C=O) groups excluding carboxylic acids is 2. The smallest absolute Gasteiger partial charge is 0.346 e. The first-order valence-corrected chi connectivity index (χ1v) is 8.67. The number of amides is 1. The van der Waals surface area contributed by atoms with Gasteiger partial charge in [0.05, 0.1) is 5.69 Å². The Hall–Kier alpha value is -2.05. The number of hydrogen-bond acceptors (Lipinski definition) is 6. The normalized spacial score (nSPS) is 26.8. The Bertz CT molecular complexity index is 608. The number of carbonyl (C=O) groups is 2. The van der Waals surface area contributed by atoms with Gasteiger partial charge >= 0.3 is 5.97 Å². The van der Waals surface area contributed by atoms with Crippen molar-refractivity contribution in [1.29, 1.82) is 0 Å². The summed E-state index contributed by atoms with van der Waals surface area (Å²) in [7, 11) is 0. The number of likely N-dealkylation sites (tertiary alicyclic amines) is 1.